The summed E-state index contributed by atoms with van der Waals surface area (Å²) in [5.41, 5.74) is 3.79. The third-order valence-corrected chi connectivity index (χ3v) is 7.10. The van der Waals surface area contributed by atoms with Crippen molar-refractivity contribution in [2.24, 2.45) is 20.0 Å². The first-order valence-corrected chi connectivity index (χ1v) is 11.0. The largest absolute Gasteiger partial charge is 0.347 e. The molecule has 0 atom stereocenters. The van der Waals surface area contributed by atoms with Gasteiger partial charge < -0.3 is 9.88 Å². The van der Waals surface area contributed by atoms with Gasteiger partial charge in [-0.05, 0) is 49.3 Å². The number of aromatic nitrogens is 3. The molecule has 1 fully saturated rings. The maximum atomic E-state index is 12.9. The molecule has 1 aliphatic rings. The Labute approximate surface area is 176 Å². The summed E-state index contributed by atoms with van der Waals surface area (Å²) in [4.78, 5) is 14.1. The Bertz CT molecular complexity index is 1030. The van der Waals surface area contributed by atoms with Crippen LogP contribution in [0.25, 0.3) is 10.9 Å². The van der Waals surface area contributed by atoms with Gasteiger partial charge in [0.15, 0.2) is 0 Å². The molecule has 0 bridgehead atoms. The van der Waals surface area contributed by atoms with Crippen LogP contribution in [0.1, 0.15) is 41.5 Å². The highest BCUT2D eigenvalue weighted by Crippen LogP contribution is 2.32. The van der Waals surface area contributed by atoms with E-state index >= 15 is 0 Å². The lowest BCUT2D eigenvalue weighted by Gasteiger charge is -2.28. The van der Waals surface area contributed by atoms with Crippen molar-refractivity contribution in [3.05, 3.63) is 47.4 Å². The molecular formula is C22H29N5OS. The van der Waals surface area contributed by atoms with E-state index in [1.54, 1.807) is 16.6 Å². The molecule has 3 aromatic rings. The molecule has 0 aliphatic carbocycles. The van der Waals surface area contributed by atoms with Crippen molar-refractivity contribution in [3.63, 3.8) is 0 Å². The second-order valence-electron chi connectivity index (χ2n) is 8.08. The van der Waals surface area contributed by atoms with Gasteiger partial charge in [0.25, 0.3) is 5.91 Å². The second-order valence-corrected chi connectivity index (χ2v) is 9.22. The molecule has 154 valence electrons. The lowest BCUT2D eigenvalue weighted by Crippen LogP contribution is -2.27. The Morgan fingerprint density at radius 2 is 2.03 bits per heavy atom. The predicted octanol–water partition coefficient (Wildman–Crippen LogP) is 3.89. The number of rotatable bonds is 5. The van der Waals surface area contributed by atoms with Gasteiger partial charge in [-0.3, -0.25) is 9.48 Å². The average molecular weight is 412 g/mol. The Balaban J connectivity index is 1.46. The first-order valence-electron chi connectivity index (χ1n) is 10.2. The fraction of sp³-hybridized carbons (Fsp3) is 0.455. The van der Waals surface area contributed by atoms with E-state index in [1.807, 2.05) is 49.1 Å². The van der Waals surface area contributed by atoms with E-state index in [2.05, 4.69) is 28.6 Å². The van der Waals surface area contributed by atoms with Crippen LogP contribution in [-0.2, 0) is 20.6 Å². The molecule has 1 aliphatic heterocycles. The van der Waals surface area contributed by atoms with Crippen molar-refractivity contribution in [1.29, 1.82) is 0 Å². The Hall–Kier alpha value is -2.25. The van der Waals surface area contributed by atoms with E-state index in [-0.39, 0.29) is 5.91 Å². The van der Waals surface area contributed by atoms with Crippen LogP contribution in [0.3, 0.4) is 0 Å². The van der Waals surface area contributed by atoms with Gasteiger partial charge >= 0.3 is 0 Å². The Morgan fingerprint density at radius 3 is 2.79 bits per heavy atom. The van der Waals surface area contributed by atoms with Gasteiger partial charge in [-0.2, -0.15) is 5.10 Å². The van der Waals surface area contributed by atoms with Crippen LogP contribution < -0.4 is 5.32 Å². The number of hydrogen-bond acceptors (Lipinski definition) is 4. The van der Waals surface area contributed by atoms with Crippen molar-refractivity contribution in [2.45, 2.75) is 38.1 Å². The summed E-state index contributed by atoms with van der Waals surface area (Å²) in [7, 11) is 3.88. The second kappa shape index (κ2) is 8.24. The summed E-state index contributed by atoms with van der Waals surface area (Å²) < 4.78 is 6.22. The number of fused-ring (bicyclic) bond motifs is 1. The zero-order chi connectivity index (χ0) is 20.5. The van der Waals surface area contributed by atoms with E-state index in [4.69, 9.17) is 0 Å². The molecule has 4 rings (SSSR count). The van der Waals surface area contributed by atoms with Gasteiger partial charge in [-0.15, -0.1) is 0 Å². The molecule has 0 spiro atoms. The lowest BCUT2D eigenvalue weighted by molar-refractivity contribution is 0.0942. The molecular weight excluding hydrogens is 382 g/mol. The molecule has 2 aromatic heterocycles. The molecule has 1 N–H and O–H groups in total. The average Bonchev–Trinajstić information content (AvgIpc) is 3.22. The first-order chi connectivity index (χ1) is 13.9. The number of amides is 1. The predicted molar refractivity (Wildman–Crippen MR) is 118 cm³/mol. The SMILES string of the molecule is Cc1c(SN2CCC(C)CC2)cc(C(=O)NCc2cccc3cn(C)nc23)n1C. The van der Waals surface area contributed by atoms with Crippen molar-refractivity contribution >= 4 is 28.8 Å². The van der Waals surface area contributed by atoms with Crippen LogP contribution in [0.4, 0.5) is 0 Å². The van der Waals surface area contributed by atoms with Gasteiger partial charge in [-0.25, -0.2) is 4.31 Å². The molecule has 7 heteroatoms. The van der Waals surface area contributed by atoms with Crippen LogP contribution in [0.15, 0.2) is 35.4 Å². The maximum Gasteiger partial charge on any atom is 0.268 e. The minimum atomic E-state index is -0.0531. The Kier molecular flexibility index (Phi) is 5.69. The van der Waals surface area contributed by atoms with Gasteiger partial charge in [0.05, 0.1) is 5.52 Å². The number of aryl methyl sites for hydroxylation is 1. The van der Waals surface area contributed by atoms with Crippen LogP contribution in [0.2, 0.25) is 0 Å². The third-order valence-electron chi connectivity index (χ3n) is 5.87. The summed E-state index contributed by atoms with van der Waals surface area (Å²) in [5, 5.41) is 8.68. The van der Waals surface area contributed by atoms with Crippen LogP contribution >= 0.6 is 11.9 Å². The van der Waals surface area contributed by atoms with Crippen molar-refractivity contribution in [2.75, 3.05) is 13.1 Å². The van der Waals surface area contributed by atoms with Crippen LogP contribution in [0, 0.1) is 12.8 Å². The van der Waals surface area contributed by atoms with E-state index in [0.29, 0.717) is 12.2 Å². The minimum Gasteiger partial charge on any atom is -0.347 e. The van der Waals surface area contributed by atoms with E-state index in [9.17, 15) is 4.79 Å². The molecule has 29 heavy (non-hydrogen) atoms. The maximum absolute atomic E-state index is 12.9. The molecule has 1 aromatic carbocycles. The van der Waals surface area contributed by atoms with Crippen molar-refractivity contribution < 1.29 is 4.79 Å². The highest BCUT2D eigenvalue weighted by atomic mass is 32.2. The fourth-order valence-electron chi connectivity index (χ4n) is 3.83. The van der Waals surface area contributed by atoms with Gasteiger partial charge in [-0.1, -0.05) is 25.1 Å². The molecule has 1 amide bonds. The quantitative estimate of drug-likeness (QED) is 0.647. The standard InChI is InChI=1S/C22H29N5OS/c1-15-8-10-27(11-9-15)29-20-12-19(26(4)16(20)2)22(28)23-13-17-6-5-7-18-14-25(3)24-21(17)18/h5-7,12,14-15H,8-11,13H2,1-4H3,(H,23,28). The number of hydrogen-bond donors (Lipinski definition) is 1. The number of nitrogens with one attached hydrogen (secondary N) is 1. The monoisotopic (exact) mass is 411 g/mol. The van der Waals surface area contributed by atoms with Crippen LogP contribution in [-0.4, -0.2) is 37.6 Å². The summed E-state index contributed by atoms with van der Waals surface area (Å²) in [5.74, 6) is 0.760. The lowest BCUT2D eigenvalue weighted by atomic mass is 10.0. The highest BCUT2D eigenvalue weighted by molar-refractivity contribution is 7.97. The molecule has 0 saturated carbocycles. The zero-order valence-electron chi connectivity index (χ0n) is 17.6. The number of piperidine rings is 1. The topological polar surface area (TPSA) is 55.1 Å². The summed E-state index contributed by atoms with van der Waals surface area (Å²) in [6, 6.07) is 8.09. The zero-order valence-corrected chi connectivity index (χ0v) is 18.4. The van der Waals surface area contributed by atoms with Crippen LogP contribution in [0.5, 0.6) is 0 Å². The first kappa shape index (κ1) is 20.0. The molecule has 1 saturated heterocycles. The normalized spacial score (nSPS) is 15.9. The number of carbonyl (C=O) groups is 1. The molecule has 0 radical (unpaired) electrons. The summed E-state index contributed by atoms with van der Waals surface area (Å²) in [6.45, 7) is 7.08. The van der Waals surface area contributed by atoms with Gasteiger partial charge in [0.2, 0.25) is 0 Å². The van der Waals surface area contributed by atoms with E-state index in [1.165, 1.54) is 17.7 Å². The third kappa shape index (κ3) is 4.21. The van der Waals surface area contributed by atoms with E-state index < -0.39 is 0 Å². The smallest absolute Gasteiger partial charge is 0.268 e. The molecule has 3 heterocycles. The van der Waals surface area contributed by atoms with Crippen molar-refractivity contribution in [3.8, 4) is 0 Å². The summed E-state index contributed by atoms with van der Waals surface area (Å²) >= 11 is 1.78. The van der Waals surface area contributed by atoms with E-state index in [0.717, 1.165) is 41.2 Å². The molecule has 0 unspecified atom stereocenters. The fourth-order valence-corrected chi connectivity index (χ4v) is 4.94. The number of nitrogens with zero attached hydrogens (tertiary/aromatic N) is 4. The van der Waals surface area contributed by atoms with Gasteiger partial charge in [0.1, 0.15) is 5.69 Å². The number of carbonyl (C=O) groups excluding carboxylic acids is 1. The highest BCUT2D eigenvalue weighted by Gasteiger charge is 2.21. The Morgan fingerprint density at radius 1 is 1.28 bits per heavy atom. The van der Waals surface area contributed by atoms with Crippen molar-refractivity contribution in [1.82, 2.24) is 24.0 Å². The van der Waals surface area contributed by atoms with Gasteiger partial charge in [0, 0.05) is 55.9 Å². The molecule has 6 nitrogen and oxygen atoms in total. The summed E-state index contributed by atoms with van der Waals surface area (Å²) in [6.07, 6.45) is 4.47. The number of benzene rings is 1. The minimum absolute atomic E-state index is 0.0531.